The van der Waals surface area contributed by atoms with Crippen LogP contribution in [0.25, 0.3) is 22.3 Å². The molecule has 0 amide bonds. The molecule has 0 radical (unpaired) electrons. The number of aromatic nitrogens is 2. The summed E-state index contributed by atoms with van der Waals surface area (Å²) in [5, 5.41) is 14.2. The molecule has 0 atom stereocenters. The number of fused-ring (bicyclic) bond motifs is 1. The number of anilines is 1. The van der Waals surface area contributed by atoms with Crippen molar-refractivity contribution < 1.29 is 9.90 Å². The molecule has 1 N–H and O–H groups in total. The number of para-hydroxylation sites is 1. The second-order valence-corrected chi connectivity index (χ2v) is 4.50. The van der Waals surface area contributed by atoms with Crippen LogP contribution in [0.15, 0.2) is 54.6 Å². The third kappa shape index (κ3) is 2.81. The fourth-order valence-corrected chi connectivity index (χ4v) is 2.08. The standard InChI is InChI=1S/C16H13N3O2/c20-14(21)10-17-16-12-8-4-5-9-13(12)18-15(19-16)11-6-2-1-3-7-11/h1-9H,10H2,(H,20,21)(H,17,18,19)/p-1. The van der Waals surface area contributed by atoms with Gasteiger partial charge in [0.2, 0.25) is 0 Å². The minimum atomic E-state index is -1.18. The van der Waals surface area contributed by atoms with Crippen molar-refractivity contribution in [3.05, 3.63) is 54.6 Å². The highest BCUT2D eigenvalue weighted by molar-refractivity contribution is 5.91. The van der Waals surface area contributed by atoms with E-state index in [2.05, 4.69) is 15.3 Å². The van der Waals surface area contributed by atoms with Crippen molar-refractivity contribution in [1.82, 2.24) is 9.97 Å². The zero-order valence-corrected chi connectivity index (χ0v) is 11.1. The maximum Gasteiger partial charge on any atom is 0.162 e. The Morgan fingerprint density at radius 3 is 2.48 bits per heavy atom. The summed E-state index contributed by atoms with van der Waals surface area (Å²) in [4.78, 5) is 19.6. The van der Waals surface area contributed by atoms with Gasteiger partial charge >= 0.3 is 0 Å². The van der Waals surface area contributed by atoms with Crippen molar-refractivity contribution >= 4 is 22.7 Å². The summed E-state index contributed by atoms with van der Waals surface area (Å²) in [5.41, 5.74) is 1.63. The van der Waals surface area contributed by atoms with Crippen molar-refractivity contribution in [3.8, 4) is 11.4 Å². The highest BCUT2D eigenvalue weighted by Crippen LogP contribution is 2.24. The number of carboxylic acids is 1. The summed E-state index contributed by atoms with van der Waals surface area (Å²) in [6.45, 7) is -0.296. The second kappa shape index (κ2) is 5.58. The summed E-state index contributed by atoms with van der Waals surface area (Å²) in [6, 6.07) is 17.0. The van der Waals surface area contributed by atoms with Gasteiger partial charge in [-0.3, -0.25) is 0 Å². The molecule has 2 aromatic carbocycles. The zero-order valence-electron chi connectivity index (χ0n) is 11.1. The van der Waals surface area contributed by atoms with Crippen LogP contribution in [0.4, 0.5) is 5.82 Å². The molecule has 5 heteroatoms. The van der Waals surface area contributed by atoms with Crippen molar-refractivity contribution in [3.63, 3.8) is 0 Å². The first kappa shape index (κ1) is 13.1. The average Bonchev–Trinajstić information content (AvgIpc) is 2.53. The summed E-state index contributed by atoms with van der Waals surface area (Å²) in [6.07, 6.45) is 0. The Morgan fingerprint density at radius 1 is 1.00 bits per heavy atom. The van der Waals surface area contributed by atoms with Crippen LogP contribution in [0.2, 0.25) is 0 Å². The highest BCUT2D eigenvalue weighted by Gasteiger charge is 2.08. The zero-order chi connectivity index (χ0) is 14.7. The van der Waals surface area contributed by atoms with Crippen molar-refractivity contribution in [2.45, 2.75) is 0 Å². The van der Waals surface area contributed by atoms with Crippen LogP contribution in [0.3, 0.4) is 0 Å². The van der Waals surface area contributed by atoms with Crippen LogP contribution in [-0.2, 0) is 4.79 Å². The van der Waals surface area contributed by atoms with Crippen LogP contribution in [0.1, 0.15) is 0 Å². The van der Waals surface area contributed by atoms with Gasteiger partial charge in [0.15, 0.2) is 5.82 Å². The lowest BCUT2D eigenvalue weighted by atomic mass is 10.2. The molecule has 5 nitrogen and oxygen atoms in total. The third-order valence-corrected chi connectivity index (χ3v) is 3.04. The first-order valence-corrected chi connectivity index (χ1v) is 6.50. The molecular weight excluding hydrogens is 266 g/mol. The van der Waals surface area contributed by atoms with E-state index in [1.54, 1.807) is 0 Å². The van der Waals surface area contributed by atoms with E-state index in [-0.39, 0.29) is 6.54 Å². The molecular formula is C16H12N3O2-. The quantitative estimate of drug-likeness (QED) is 0.781. The number of aliphatic carboxylic acids is 1. The lowest BCUT2D eigenvalue weighted by Crippen LogP contribution is -2.30. The monoisotopic (exact) mass is 278 g/mol. The molecule has 0 saturated carbocycles. The molecule has 3 rings (SSSR count). The van der Waals surface area contributed by atoms with Gasteiger partial charge in [0, 0.05) is 10.9 Å². The number of carbonyl (C=O) groups excluding carboxylic acids is 1. The molecule has 0 fully saturated rings. The van der Waals surface area contributed by atoms with E-state index in [9.17, 15) is 9.90 Å². The van der Waals surface area contributed by atoms with E-state index in [1.807, 2.05) is 54.6 Å². The number of carboxylic acid groups (broad SMARTS) is 1. The molecule has 0 spiro atoms. The Morgan fingerprint density at radius 2 is 1.71 bits per heavy atom. The fourth-order valence-electron chi connectivity index (χ4n) is 2.08. The average molecular weight is 278 g/mol. The normalized spacial score (nSPS) is 10.5. The van der Waals surface area contributed by atoms with E-state index < -0.39 is 5.97 Å². The molecule has 1 aromatic heterocycles. The summed E-state index contributed by atoms with van der Waals surface area (Å²) < 4.78 is 0. The number of rotatable bonds is 4. The van der Waals surface area contributed by atoms with Gasteiger partial charge < -0.3 is 15.2 Å². The molecule has 1 heterocycles. The van der Waals surface area contributed by atoms with Gasteiger partial charge in [-0.25, -0.2) is 9.97 Å². The molecule has 0 aliphatic heterocycles. The van der Waals surface area contributed by atoms with Gasteiger partial charge in [-0.1, -0.05) is 42.5 Å². The van der Waals surface area contributed by atoms with E-state index in [4.69, 9.17) is 0 Å². The van der Waals surface area contributed by atoms with Crippen LogP contribution < -0.4 is 10.4 Å². The van der Waals surface area contributed by atoms with Gasteiger partial charge in [-0.05, 0) is 12.1 Å². The summed E-state index contributed by atoms with van der Waals surface area (Å²) >= 11 is 0. The Bertz CT molecular complexity index is 788. The fraction of sp³-hybridized carbons (Fsp3) is 0.0625. The Labute approximate surface area is 121 Å². The molecule has 0 unspecified atom stereocenters. The van der Waals surface area contributed by atoms with Crippen LogP contribution in [0.5, 0.6) is 0 Å². The smallest absolute Gasteiger partial charge is 0.162 e. The lowest BCUT2D eigenvalue weighted by molar-refractivity contribution is -0.302. The Hall–Kier alpha value is -2.95. The molecule has 3 aromatic rings. The minimum Gasteiger partial charge on any atom is -0.548 e. The maximum atomic E-state index is 10.6. The van der Waals surface area contributed by atoms with Gasteiger partial charge in [0.05, 0.1) is 18.0 Å². The van der Waals surface area contributed by atoms with Crippen LogP contribution in [-0.4, -0.2) is 22.5 Å². The SMILES string of the molecule is O=C([O-])CNc1nc(-c2ccccc2)nc2ccccc12. The second-order valence-electron chi connectivity index (χ2n) is 4.50. The number of benzene rings is 2. The topological polar surface area (TPSA) is 77.9 Å². The van der Waals surface area contributed by atoms with Crippen molar-refractivity contribution in [2.24, 2.45) is 0 Å². The molecule has 0 aliphatic rings. The molecule has 104 valence electrons. The molecule has 0 bridgehead atoms. The minimum absolute atomic E-state index is 0.296. The van der Waals surface area contributed by atoms with E-state index in [1.165, 1.54) is 0 Å². The number of hydrogen-bond acceptors (Lipinski definition) is 5. The molecule has 21 heavy (non-hydrogen) atoms. The van der Waals surface area contributed by atoms with Crippen LogP contribution in [0, 0.1) is 0 Å². The molecule has 0 saturated heterocycles. The summed E-state index contributed by atoms with van der Waals surface area (Å²) in [7, 11) is 0. The van der Waals surface area contributed by atoms with Crippen molar-refractivity contribution in [1.29, 1.82) is 0 Å². The van der Waals surface area contributed by atoms with Gasteiger partial charge in [0.1, 0.15) is 5.82 Å². The number of carbonyl (C=O) groups is 1. The lowest BCUT2D eigenvalue weighted by Gasteiger charge is -2.11. The van der Waals surface area contributed by atoms with Gasteiger partial charge in [0.25, 0.3) is 0 Å². The predicted octanol–water partition coefficient (Wildman–Crippen LogP) is 1.46. The third-order valence-electron chi connectivity index (χ3n) is 3.04. The number of nitrogens with zero attached hydrogens (tertiary/aromatic N) is 2. The van der Waals surface area contributed by atoms with E-state index >= 15 is 0 Å². The summed E-state index contributed by atoms with van der Waals surface area (Å²) in [5.74, 6) is -0.141. The van der Waals surface area contributed by atoms with E-state index in [0.29, 0.717) is 11.6 Å². The Balaban J connectivity index is 2.12. The largest absolute Gasteiger partial charge is 0.548 e. The molecule has 0 aliphatic carbocycles. The predicted molar refractivity (Wildman–Crippen MR) is 78.5 cm³/mol. The highest BCUT2D eigenvalue weighted by atomic mass is 16.4. The van der Waals surface area contributed by atoms with E-state index in [0.717, 1.165) is 16.5 Å². The van der Waals surface area contributed by atoms with Gasteiger partial charge in [-0.2, -0.15) is 0 Å². The van der Waals surface area contributed by atoms with Crippen molar-refractivity contribution in [2.75, 3.05) is 11.9 Å². The maximum absolute atomic E-state index is 10.6. The Kier molecular flexibility index (Phi) is 3.47. The first-order chi connectivity index (χ1) is 10.2. The van der Waals surface area contributed by atoms with Gasteiger partial charge in [-0.15, -0.1) is 0 Å². The number of nitrogens with one attached hydrogen (secondary N) is 1. The first-order valence-electron chi connectivity index (χ1n) is 6.50. The number of hydrogen-bond donors (Lipinski definition) is 1. The van der Waals surface area contributed by atoms with Crippen LogP contribution >= 0.6 is 0 Å².